The number of methoxy groups -OCH3 is 1. The van der Waals surface area contributed by atoms with Crippen molar-refractivity contribution in [2.45, 2.75) is 25.1 Å². The molecule has 1 atom stereocenters. The van der Waals surface area contributed by atoms with Crippen LogP contribution in [0.2, 0.25) is 0 Å². The topological polar surface area (TPSA) is 76.7 Å². The number of hydrogen-bond acceptors (Lipinski definition) is 4. The number of alkyl halides is 3. The molecular formula is C20H18F4N2O4. The summed E-state index contributed by atoms with van der Waals surface area (Å²) >= 11 is 0. The van der Waals surface area contributed by atoms with Crippen LogP contribution in [0.4, 0.5) is 17.6 Å². The fourth-order valence-electron chi connectivity index (χ4n) is 2.95. The van der Waals surface area contributed by atoms with Crippen molar-refractivity contribution in [1.29, 1.82) is 0 Å². The lowest BCUT2D eigenvalue weighted by atomic mass is 10.0. The zero-order valence-electron chi connectivity index (χ0n) is 15.8. The van der Waals surface area contributed by atoms with Crippen molar-refractivity contribution in [3.63, 3.8) is 0 Å². The first kappa shape index (κ1) is 21.4. The molecule has 10 heteroatoms. The number of carbonyl (C=O) groups is 2. The van der Waals surface area contributed by atoms with Gasteiger partial charge in [0.05, 0.1) is 18.2 Å². The molecule has 0 aliphatic carbocycles. The summed E-state index contributed by atoms with van der Waals surface area (Å²) in [5.74, 6) is -2.27. The fourth-order valence-corrected chi connectivity index (χ4v) is 2.95. The van der Waals surface area contributed by atoms with E-state index in [1.807, 2.05) is 0 Å². The van der Waals surface area contributed by atoms with Gasteiger partial charge in [0.2, 0.25) is 5.91 Å². The molecular weight excluding hydrogens is 408 g/mol. The second kappa shape index (κ2) is 8.60. The van der Waals surface area contributed by atoms with Crippen LogP contribution in [-0.2, 0) is 11.0 Å². The molecule has 3 rings (SSSR count). The van der Waals surface area contributed by atoms with Gasteiger partial charge in [-0.2, -0.15) is 13.2 Å². The van der Waals surface area contributed by atoms with E-state index < -0.39 is 35.1 Å². The molecule has 0 aromatic heterocycles. The summed E-state index contributed by atoms with van der Waals surface area (Å²) in [5, 5.41) is 5.14. The Bertz CT molecular complexity index is 962. The van der Waals surface area contributed by atoms with Crippen molar-refractivity contribution in [1.82, 2.24) is 10.6 Å². The highest BCUT2D eigenvalue weighted by atomic mass is 19.4. The second-order valence-corrected chi connectivity index (χ2v) is 6.62. The van der Waals surface area contributed by atoms with Crippen LogP contribution in [0.5, 0.6) is 17.2 Å². The van der Waals surface area contributed by atoms with Gasteiger partial charge >= 0.3 is 6.18 Å². The van der Waals surface area contributed by atoms with Gasteiger partial charge in [-0.3, -0.25) is 9.59 Å². The number of hydrogen-bond donors (Lipinski definition) is 2. The molecule has 1 fully saturated rings. The van der Waals surface area contributed by atoms with E-state index in [0.717, 1.165) is 18.2 Å². The second-order valence-electron chi connectivity index (χ2n) is 6.62. The first-order valence-electron chi connectivity index (χ1n) is 8.97. The largest absolute Gasteiger partial charge is 0.497 e. The minimum atomic E-state index is -4.69. The molecule has 2 N–H and O–H groups in total. The average Bonchev–Trinajstić information content (AvgIpc) is 2.68. The van der Waals surface area contributed by atoms with Crippen LogP contribution in [0, 0.1) is 5.82 Å². The summed E-state index contributed by atoms with van der Waals surface area (Å²) in [6.45, 7) is 0.340. The SMILES string of the molecule is COc1ccc(Oc2ccc(C(F)(F)F)cc2C(=O)NC2CCNC(=O)C2)c(F)c1. The van der Waals surface area contributed by atoms with Gasteiger partial charge in [-0.1, -0.05) is 0 Å². The quantitative estimate of drug-likeness (QED) is 0.716. The minimum Gasteiger partial charge on any atom is -0.497 e. The molecule has 0 radical (unpaired) electrons. The molecule has 1 saturated heterocycles. The standard InChI is InChI=1S/C20H18F4N2O4/c1-29-13-3-5-17(15(21)10-13)30-16-4-2-11(20(22,23)24)8-14(16)19(28)26-12-6-7-25-18(27)9-12/h2-5,8,10,12H,6-7,9H2,1H3,(H,25,27)(H,26,28). The van der Waals surface area contributed by atoms with Gasteiger partial charge in [0, 0.05) is 25.1 Å². The number of ether oxygens (including phenoxy) is 2. The number of amides is 2. The number of nitrogens with one attached hydrogen (secondary N) is 2. The number of rotatable bonds is 5. The van der Waals surface area contributed by atoms with E-state index in [4.69, 9.17) is 9.47 Å². The van der Waals surface area contributed by atoms with E-state index >= 15 is 0 Å². The molecule has 0 spiro atoms. The van der Waals surface area contributed by atoms with Gasteiger partial charge in [0.25, 0.3) is 5.91 Å². The van der Waals surface area contributed by atoms with Crippen LogP contribution in [-0.4, -0.2) is 31.5 Å². The first-order chi connectivity index (χ1) is 14.2. The molecule has 160 valence electrons. The van der Waals surface area contributed by atoms with Gasteiger partial charge in [0.15, 0.2) is 11.6 Å². The molecule has 30 heavy (non-hydrogen) atoms. The van der Waals surface area contributed by atoms with Gasteiger partial charge < -0.3 is 20.1 Å². The minimum absolute atomic E-state index is 0.00794. The summed E-state index contributed by atoms with van der Waals surface area (Å²) in [6, 6.07) is 5.47. The zero-order valence-corrected chi connectivity index (χ0v) is 15.8. The molecule has 0 bridgehead atoms. The highest BCUT2D eigenvalue weighted by Gasteiger charge is 2.33. The van der Waals surface area contributed by atoms with E-state index in [1.54, 1.807) is 0 Å². The summed E-state index contributed by atoms with van der Waals surface area (Å²) in [5.41, 5.74) is -1.48. The number of benzene rings is 2. The predicted octanol–water partition coefficient (Wildman–Crippen LogP) is 3.65. The number of piperidine rings is 1. The Labute approximate surface area is 169 Å². The van der Waals surface area contributed by atoms with Crippen LogP contribution in [0.15, 0.2) is 36.4 Å². The molecule has 2 aromatic carbocycles. The molecule has 1 unspecified atom stereocenters. The smallest absolute Gasteiger partial charge is 0.416 e. The summed E-state index contributed by atoms with van der Waals surface area (Å²) in [6.07, 6.45) is -4.25. The van der Waals surface area contributed by atoms with Crippen LogP contribution in [0.25, 0.3) is 0 Å². The van der Waals surface area contributed by atoms with Crippen LogP contribution in [0.1, 0.15) is 28.8 Å². The highest BCUT2D eigenvalue weighted by Crippen LogP contribution is 2.35. The third-order valence-corrected chi connectivity index (χ3v) is 4.49. The van der Waals surface area contributed by atoms with Crippen molar-refractivity contribution < 1.29 is 36.6 Å². The van der Waals surface area contributed by atoms with Crippen LogP contribution < -0.4 is 20.1 Å². The van der Waals surface area contributed by atoms with Crippen LogP contribution in [0.3, 0.4) is 0 Å². The monoisotopic (exact) mass is 426 g/mol. The van der Waals surface area contributed by atoms with Gasteiger partial charge in [-0.15, -0.1) is 0 Å². The molecule has 2 amide bonds. The van der Waals surface area contributed by atoms with Crippen molar-refractivity contribution in [3.05, 3.63) is 53.3 Å². The molecule has 1 aliphatic rings. The summed E-state index contributed by atoms with van der Waals surface area (Å²) < 4.78 is 63.9. The Hall–Kier alpha value is -3.30. The Morgan fingerprint density at radius 1 is 1.17 bits per heavy atom. The zero-order chi connectivity index (χ0) is 21.9. The van der Waals surface area contributed by atoms with Crippen molar-refractivity contribution in [2.24, 2.45) is 0 Å². The lowest BCUT2D eigenvalue weighted by Gasteiger charge is -2.23. The maximum Gasteiger partial charge on any atom is 0.416 e. The predicted molar refractivity (Wildman–Crippen MR) is 98.0 cm³/mol. The van der Waals surface area contributed by atoms with E-state index in [2.05, 4.69) is 10.6 Å². The lowest BCUT2D eigenvalue weighted by Crippen LogP contribution is -2.45. The van der Waals surface area contributed by atoms with Crippen molar-refractivity contribution in [3.8, 4) is 17.2 Å². The van der Waals surface area contributed by atoms with E-state index in [0.29, 0.717) is 19.0 Å². The van der Waals surface area contributed by atoms with Crippen molar-refractivity contribution in [2.75, 3.05) is 13.7 Å². The molecule has 6 nitrogen and oxygen atoms in total. The molecule has 0 saturated carbocycles. The lowest BCUT2D eigenvalue weighted by molar-refractivity contribution is -0.137. The summed E-state index contributed by atoms with van der Waals surface area (Å²) in [7, 11) is 1.35. The van der Waals surface area contributed by atoms with Gasteiger partial charge in [-0.05, 0) is 36.8 Å². The first-order valence-corrected chi connectivity index (χ1v) is 8.97. The Morgan fingerprint density at radius 2 is 1.90 bits per heavy atom. The molecule has 1 heterocycles. The molecule has 2 aromatic rings. The van der Waals surface area contributed by atoms with E-state index in [-0.39, 0.29) is 29.6 Å². The summed E-state index contributed by atoms with van der Waals surface area (Å²) in [4.78, 5) is 24.2. The third kappa shape index (κ3) is 5.00. The Kier molecular flexibility index (Phi) is 6.14. The fraction of sp³-hybridized carbons (Fsp3) is 0.300. The average molecular weight is 426 g/mol. The van der Waals surface area contributed by atoms with Crippen molar-refractivity contribution >= 4 is 11.8 Å². The maximum atomic E-state index is 14.2. The third-order valence-electron chi connectivity index (χ3n) is 4.49. The van der Waals surface area contributed by atoms with Gasteiger partial charge in [0.1, 0.15) is 11.5 Å². The van der Waals surface area contributed by atoms with E-state index in [9.17, 15) is 27.2 Å². The van der Waals surface area contributed by atoms with Gasteiger partial charge in [-0.25, -0.2) is 4.39 Å². The molecule has 1 aliphatic heterocycles. The number of halogens is 4. The van der Waals surface area contributed by atoms with E-state index in [1.165, 1.54) is 19.2 Å². The highest BCUT2D eigenvalue weighted by molar-refractivity contribution is 5.97. The van der Waals surface area contributed by atoms with Crippen LogP contribution >= 0.6 is 0 Å². The Balaban J connectivity index is 1.92. The maximum absolute atomic E-state index is 14.2. The number of carbonyl (C=O) groups excluding carboxylic acids is 2. The normalized spacial score (nSPS) is 16.6. The Morgan fingerprint density at radius 3 is 2.53 bits per heavy atom.